The molecule has 0 aromatic heterocycles. The summed E-state index contributed by atoms with van der Waals surface area (Å²) in [5, 5.41) is 9.95. The molecule has 0 saturated carbocycles. The summed E-state index contributed by atoms with van der Waals surface area (Å²) in [5.41, 5.74) is 1.97. The fraction of sp³-hybridized carbons (Fsp3) is 0.632. The summed E-state index contributed by atoms with van der Waals surface area (Å²) < 4.78 is 0. The van der Waals surface area contributed by atoms with Gasteiger partial charge in [-0.05, 0) is 48.8 Å². The number of nitrogens with zero attached hydrogens (tertiary/aromatic N) is 1. The van der Waals surface area contributed by atoms with Gasteiger partial charge in [-0.3, -0.25) is 4.79 Å². The highest BCUT2D eigenvalue weighted by Crippen LogP contribution is 2.25. The Morgan fingerprint density at radius 2 is 1.82 bits per heavy atom. The van der Waals surface area contributed by atoms with Crippen LogP contribution in [0.1, 0.15) is 68.8 Å². The number of hydrogen-bond donors (Lipinski definition) is 1. The molecule has 22 heavy (non-hydrogen) atoms. The molecule has 1 heterocycles. The van der Waals surface area contributed by atoms with Crippen molar-refractivity contribution in [1.29, 1.82) is 0 Å². The molecule has 3 nitrogen and oxygen atoms in total. The van der Waals surface area contributed by atoms with Crippen molar-refractivity contribution < 1.29 is 9.90 Å². The summed E-state index contributed by atoms with van der Waals surface area (Å²) in [6.45, 7) is 9.13. The van der Waals surface area contributed by atoms with Gasteiger partial charge in [0.25, 0.3) is 5.91 Å². The fourth-order valence-electron chi connectivity index (χ4n) is 3.22. The van der Waals surface area contributed by atoms with Gasteiger partial charge in [0.2, 0.25) is 0 Å². The first-order valence-electron chi connectivity index (χ1n) is 8.47. The largest absolute Gasteiger partial charge is 0.391 e. The number of aliphatic hydroxyl groups excluding tert-OH is 1. The Balaban J connectivity index is 2.16. The van der Waals surface area contributed by atoms with E-state index in [0.29, 0.717) is 18.4 Å². The number of aliphatic hydroxyl groups is 1. The van der Waals surface area contributed by atoms with Crippen LogP contribution in [0, 0.1) is 5.92 Å². The van der Waals surface area contributed by atoms with E-state index < -0.39 is 0 Å². The predicted molar refractivity (Wildman–Crippen MR) is 90.1 cm³/mol. The molecule has 2 atom stereocenters. The Morgan fingerprint density at radius 1 is 1.18 bits per heavy atom. The summed E-state index contributed by atoms with van der Waals surface area (Å²) in [4.78, 5) is 14.7. The molecule has 2 unspecified atom stereocenters. The first-order valence-corrected chi connectivity index (χ1v) is 8.47. The lowest BCUT2D eigenvalue weighted by Gasteiger charge is -2.39. The third kappa shape index (κ3) is 4.10. The molecular weight excluding hydrogens is 274 g/mol. The number of likely N-dealkylation sites (tertiary alicyclic amines) is 1. The zero-order valence-electron chi connectivity index (χ0n) is 14.2. The zero-order valence-corrected chi connectivity index (χ0v) is 14.2. The Morgan fingerprint density at radius 3 is 2.36 bits per heavy atom. The number of amides is 1. The van der Waals surface area contributed by atoms with E-state index in [0.717, 1.165) is 24.8 Å². The molecule has 1 aromatic carbocycles. The molecule has 0 spiro atoms. The van der Waals surface area contributed by atoms with Crippen LogP contribution in [0.3, 0.4) is 0 Å². The molecule has 1 fully saturated rings. The summed E-state index contributed by atoms with van der Waals surface area (Å²) in [7, 11) is 0. The number of β-amino-alcohol motifs (C(OH)–C–C–N with tert-alkyl or cyclic N) is 1. The minimum absolute atomic E-state index is 0.0553. The van der Waals surface area contributed by atoms with Gasteiger partial charge in [-0.25, -0.2) is 0 Å². The van der Waals surface area contributed by atoms with Crippen LogP contribution < -0.4 is 0 Å². The average molecular weight is 303 g/mol. The number of piperidine rings is 1. The third-order valence-corrected chi connectivity index (χ3v) is 4.51. The van der Waals surface area contributed by atoms with Gasteiger partial charge in [0.1, 0.15) is 0 Å². The highest BCUT2D eigenvalue weighted by molar-refractivity contribution is 5.94. The van der Waals surface area contributed by atoms with Gasteiger partial charge < -0.3 is 10.0 Å². The van der Waals surface area contributed by atoms with Gasteiger partial charge in [-0.2, -0.15) is 0 Å². The normalized spacial score (nSPS) is 22.4. The summed E-state index contributed by atoms with van der Waals surface area (Å²) in [6.07, 6.45) is 2.31. The summed E-state index contributed by atoms with van der Waals surface area (Å²) in [6, 6.07) is 8.17. The number of rotatable bonds is 4. The molecule has 1 aromatic rings. The van der Waals surface area contributed by atoms with E-state index in [1.807, 2.05) is 29.2 Å². The molecule has 0 aliphatic carbocycles. The van der Waals surface area contributed by atoms with Crippen LogP contribution in [0.15, 0.2) is 24.3 Å². The van der Waals surface area contributed by atoms with E-state index in [-0.39, 0.29) is 18.1 Å². The van der Waals surface area contributed by atoms with Gasteiger partial charge in [0.15, 0.2) is 0 Å². The minimum Gasteiger partial charge on any atom is -0.391 e. The maximum atomic E-state index is 12.8. The molecule has 122 valence electrons. The van der Waals surface area contributed by atoms with Crippen LogP contribution in [-0.2, 0) is 0 Å². The van der Waals surface area contributed by atoms with E-state index in [9.17, 15) is 9.90 Å². The zero-order chi connectivity index (χ0) is 16.3. The van der Waals surface area contributed by atoms with Crippen molar-refractivity contribution in [3.63, 3.8) is 0 Å². The predicted octanol–water partition coefficient (Wildman–Crippen LogP) is 3.82. The topological polar surface area (TPSA) is 40.5 Å². The van der Waals surface area contributed by atoms with Crippen LogP contribution in [0.4, 0.5) is 0 Å². The van der Waals surface area contributed by atoms with Crippen LogP contribution >= 0.6 is 0 Å². The lowest BCUT2D eigenvalue weighted by atomic mass is 9.92. The second-order valence-corrected chi connectivity index (χ2v) is 7.25. The standard InChI is InChI=1S/C19H29NO2/c1-13(2)11-17-9-10-18(21)12-20(17)19(22)16-7-5-15(6-8-16)14(3)4/h5-8,13-14,17-18,21H,9-12H2,1-4H3. The van der Waals surface area contributed by atoms with Crippen molar-refractivity contribution in [2.45, 2.75) is 65.0 Å². The van der Waals surface area contributed by atoms with Gasteiger partial charge >= 0.3 is 0 Å². The molecule has 1 amide bonds. The number of hydrogen-bond acceptors (Lipinski definition) is 2. The lowest BCUT2D eigenvalue weighted by Crippen LogP contribution is -2.49. The number of carbonyl (C=O) groups is 1. The van der Waals surface area contributed by atoms with Crippen LogP contribution in [0.25, 0.3) is 0 Å². The van der Waals surface area contributed by atoms with Gasteiger partial charge in [-0.1, -0.05) is 39.8 Å². The van der Waals surface area contributed by atoms with Crippen molar-refractivity contribution in [1.82, 2.24) is 4.90 Å². The molecular formula is C19H29NO2. The molecule has 1 aliphatic heterocycles. The number of carbonyl (C=O) groups excluding carboxylic acids is 1. The maximum Gasteiger partial charge on any atom is 0.254 e. The van der Waals surface area contributed by atoms with Crippen LogP contribution in [-0.4, -0.2) is 34.6 Å². The van der Waals surface area contributed by atoms with E-state index in [1.54, 1.807) is 0 Å². The first-order chi connectivity index (χ1) is 10.4. The maximum absolute atomic E-state index is 12.8. The molecule has 1 N–H and O–H groups in total. The molecule has 0 bridgehead atoms. The van der Waals surface area contributed by atoms with Gasteiger partial charge in [0, 0.05) is 18.2 Å². The molecule has 1 aliphatic rings. The van der Waals surface area contributed by atoms with E-state index in [4.69, 9.17) is 0 Å². The second kappa shape index (κ2) is 7.28. The summed E-state index contributed by atoms with van der Waals surface area (Å²) >= 11 is 0. The van der Waals surface area contributed by atoms with Crippen molar-refractivity contribution in [3.05, 3.63) is 35.4 Å². The summed E-state index contributed by atoms with van der Waals surface area (Å²) in [5.74, 6) is 1.08. The Bertz CT molecular complexity index is 493. The first kappa shape index (κ1) is 17.0. The van der Waals surface area contributed by atoms with Crippen LogP contribution in [0.5, 0.6) is 0 Å². The average Bonchev–Trinajstić information content (AvgIpc) is 2.48. The Hall–Kier alpha value is -1.35. The quantitative estimate of drug-likeness (QED) is 0.918. The van der Waals surface area contributed by atoms with E-state index in [1.165, 1.54) is 5.56 Å². The Kier molecular flexibility index (Phi) is 5.63. The van der Waals surface area contributed by atoms with Crippen molar-refractivity contribution >= 4 is 5.91 Å². The minimum atomic E-state index is -0.387. The molecule has 3 heteroatoms. The monoisotopic (exact) mass is 303 g/mol. The lowest BCUT2D eigenvalue weighted by molar-refractivity contribution is 0.0231. The van der Waals surface area contributed by atoms with Gasteiger partial charge in [0.05, 0.1) is 6.10 Å². The van der Waals surface area contributed by atoms with Crippen molar-refractivity contribution in [2.24, 2.45) is 5.92 Å². The highest BCUT2D eigenvalue weighted by atomic mass is 16.3. The van der Waals surface area contributed by atoms with Crippen molar-refractivity contribution in [2.75, 3.05) is 6.54 Å². The third-order valence-electron chi connectivity index (χ3n) is 4.51. The smallest absolute Gasteiger partial charge is 0.254 e. The number of benzene rings is 1. The SMILES string of the molecule is CC(C)CC1CCC(O)CN1C(=O)c1ccc(C(C)C)cc1. The van der Waals surface area contributed by atoms with E-state index >= 15 is 0 Å². The molecule has 1 saturated heterocycles. The molecule has 2 rings (SSSR count). The molecule has 0 radical (unpaired) electrons. The van der Waals surface area contributed by atoms with E-state index in [2.05, 4.69) is 27.7 Å². The van der Waals surface area contributed by atoms with Gasteiger partial charge in [-0.15, -0.1) is 0 Å². The second-order valence-electron chi connectivity index (χ2n) is 7.25. The Labute approximate surface area is 134 Å². The highest BCUT2D eigenvalue weighted by Gasteiger charge is 2.31. The van der Waals surface area contributed by atoms with Crippen molar-refractivity contribution in [3.8, 4) is 0 Å². The fourth-order valence-corrected chi connectivity index (χ4v) is 3.22. The van der Waals surface area contributed by atoms with Crippen LogP contribution in [0.2, 0.25) is 0 Å².